The van der Waals surface area contributed by atoms with E-state index in [9.17, 15) is 15.3 Å². The molecule has 5 rings (SSSR count). The lowest BCUT2D eigenvalue weighted by molar-refractivity contribution is -0.116. The molecule has 0 spiro atoms. The van der Waals surface area contributed by atoms with Gasteiger partial charge in [0, 0.05) is 45.5 Å². The number of Topliss-reactive ketones (excluding diaryl/α,β-unsaturated/α-hetero) is 1. The number of rotatable bonds is 3. The van der Waals surface area contributed by atoms with Crippen molar-refractivity contribution < 1.29 is 9.90 Å². The normalized spacial score (nSPS) is 20.0. The number of ketones is 1. The summed E-state index contributed by atoms with van der Waals surface area (Å²) in [5.41, 5.74) is 4.15. The average molecular weight is 455 g/mol. The van der Waals surface area contributed by atoms with E-state index in [0.29, 0.717) is 34.6 Å². The van der Waals surface area contributed by atoms with Crippen molar-refractivity contribution >= 4 is 34.7 Å². The number of allylic oxidation sites excluding steroid dienone is 2. The van der Waals surface area contributed by atoms with Crippen molar-refractivity contribution in [1.82, 2.24) is 0 Å². The summed E-state index contributed by atoms with van der Waals surface area (Å²) in [5, 5.41) is 21.4. The first kappa shape index (κ1) is 21.2. The highest BCUT2D eigenvalue weighted by atomic mass is 35.5. The molecule has 1 unspecified atom stereocenters. The largest absolute Gasteiger partial charge is 0.507 e. The van der Waals surface area contributed by atoms with Crippen LogP contribution in [0.1, 0.15) is 36.3 Å². The predicted octanol–water partition coefficient (Wildman–Crippen LogP) is 6.90. The van der Waals surface area contributed by atoms with Crippen LogP contribution in [0.25, 0.3) is 5.76 Å². The molecule has 0 radical (unpaired) electrons. The number of nitrogens with one attached hydrogen (secondary N) is 1. The Bertz CT molecular complexity index is 1280. The van der Waals surface area contributed by atoms with Gasteiger partial charge in [-0.05, 0) is 42.7 Å². The maximum atomic E-state index is 13.4. The molecule has 1 aliphatic carbocycles. The quantitative estimate of drug-likeness (QED) is 0.423. The number of nitrogens with zero attached hydrogens (tertiary/aromatic N) is 1. The Morgan fingerprint density at radius 1 is 0.909 bits per heavy atom. The van der Waals surface area contributed by atoms with Crippen LogP contribution in [-0.4, -0.2) is 16.7 Å². The Morgan fingerprint density at radius 3 is 2.21 bits per heavy atom. The third-order valence-corrected chi connectivity index (χ3v) is 6.53. The van der Waals surface area contributed by atoms with E-state index in [1.165, 1.54) is 0 Å². The van der Waals surface area contributed by atoms with E-state index >= 15 is 0 Å². The van der Waals surface area contributed by atoms with Crippen LogP contribution in [0, 0.1) is 5.41 Å². The van der Waals surface area contributed by atoms with Gasteiger partial charge in [-0.3, -0.25) is 15.1 Å². The average Bonchev–Trinajstić information content (AvgIpc) is 2.85. The zero-order valence-electron chi connectivity index (χ0n) is 18.0. The van der Waals surface area contributed by atoms with Gasteiger partial charge in [0.25, 0.3) is 0 Å². The van der Waals surface area contributed by atoms with Crippen LogP contribution >= 0.6 is 11.6 Å². The summed E-state index contributed by atoms with van der Waals surface area (Å²) >= 11 is 6.15. The van der Waals surface area contributed by atoms with Gasteiger partial charge in [0.1, 0.15) is 11.6 Å². The minimum Gasteiger partial charge on any atom is -0.507 e. The van der Waals surface area contributed by atoms with Crippen LogP contribution in [0.4, 0.5) is 5.69 Å². The van der Waals surface area contributed by atoms with Gasteiger partial charge in [-0.25, -0.2) is 0 Å². The number of anilines is 1. The zero-order chi connectivity index (χ0) is 22.9. The molecular weight excluding hydrogens is 432 g/mol. The van der Waals surface area contributed by atoms with Crippen molar-refractivity contribution in [2.45, 2.75) is 25.2 Å². The molecule has 0 saturated carbocycles. The molecule has 0 fully saturated rings. The zero-order valence-corrected chi connectivity index (χ0v) is 18.7. The van der Waals surface area contributed by atoms with Gasteiger partial charge in [-0.15, -0.1) is 0 Å². The van der Waals surface area contributed by atoms with Gasteiger partial charge in [0.15, 0.2) is 5.78 Å². The van der Waals surface area contributed by atoms with Crippen LogP contribution in [-0.2, 0) is 4.79 Å². The molecule has 1 atom stereocenters. The topological polar surface area (TPSA) is 64.4 Å². The molecule has 1 aliphatic heterocycles. The molecule has 33 heavy (non-hydrogen) atoms. The van der Waals surface area contributed by atoms with E-state index in [0.717, 1.165) is 23.4 Å². The minimum absolute atomic E-state index is 0.00593. The van der Waals surface area contributed by atoms with Crippen molar-refractivity contribution in [2.75, 3.05) is 4.90 Å². The van der Waals surface area contributed by atoms with Crippen molar-refractivity contribution in [1.29, 1.82) is 5.41 Å². The van der Waals surface area contributed by atoms with Crippen LogP contribution in [0.2, 0.25) is 5.02 Å². The first-order chi connectivity index (χ1) is 16.1. The van der Waals surface area contributed by atoms with Crippen molar-refractivity contribution in [3.8, 4) is 0 Å². The number of amidine groups is 1. The highest BCUT2D eigenvalue weighted by Gasteiger charge is 2.43. The summed E-state index contributed by atoms with van der Waals surface area (Å²) in [4.78, 5) is 15.2. The number of carbonyl (C=O) groups is 1. The Labute approximate surface area is 198 Å². The molecule has 2 aliphatic rings. The minimum atomic E-state index is -0.544. The van der Waals surface area contributed by atoms with Crippen molar-refractivity contribution in [3.05, 3.63) is 118 Å². The van der Waals surface area contributed by atoms with Gasteiger partial charge in [-0.2, -0.15) is 0 Å². The molecule has 3 aromatic carbocycles. The van der Waals surface area contributed by atoms with E-state index in [1.54, 1.807) is 12.1 Å². The Hall–Kier alpha value is -3.63. The Kier molecular flexibility index (Phi) is 5.61. The Balaban J connectivity index is 1.83. The third kappa shape index (κ3) is 3.77. The monoisotopic (exact) mass is 454 g/mol. The highest BCUT2D eigenvalue weighted by molar-refractivity contribution is 6.30. The molecular formula is C28H23ClN2O2. The molecule has 0 bridgehead atoms. The third-order valence-electron chi connectivity index (χ3n) is 6.27. The summed E-state index contributed by atoms with van der Waals surface area (Å²) in [7, 11) is 0. The first-order valence-corrected chi connectivity index (χ1v) is 11.4. The molecule has 2 N–H and O–H groups in total. The van der Waals surface area contributed by atoms with E-state index in [-0.39, 0.29) is 17.4 Å². The van der Waals surface area contributed by atoms with Crippen molar-refractivity contribution in [3.63, 3.8) is 0 Å². The van der Waals surface area contributed by atoms with Gasteiger partial charge in [-0.1, -0.05) is 72.3 Å². The number of para-hydroxylation sites is 1. The summed E-state index contributed by atoms with van der Waals surface area (Å²) in [6.07, 6.45) is 1.89. The number of aliphatic hydroxyl groups is 1. The number of benzene rings is 3. The number of hydrogen-bond acceptors (Lipinski definition) is 3. The number of carbonyl (C=O) groups excluding carboxylic acids is 1. The lowest BCUT2D eigenvalue weighted by Gasteiger charge is -2.41. The van der Waals surface area contributed by atoms with Gasteiger partial charge >= 0.3 is 0 Å². The van der Waals surface area contributed by atoms with Gasteiger partial charge < -0.3 is 5.11 Å². The Morgan fingerprint density at radius 2 is 1.55 bits per heavy atom. The summed E-state index contributed by atoms with van der Waals surface area (Å²) < 4.78 is 0. The molecule has 0 amide bonds. The number of halogens is 1. The SMILES string of the molecule is N=C1/C(=C(/O)c2ccccc2)C(c2ccc(Cl)cc2)C2=C(CCCC2=O)N1c1ccccc1. The second kappa shape index (κ2) is 8.72. The summed E-state index contributed by atoms with van der Waals surface area (Å²) in [6.45, 7) is 0. The number of hydrogen-bond donors (Lipinski definition) is 2. The fraction of sp³-hybridized carbons (Fsp3) is 0.143. The fourth-order valence-electron chi connectivity index (χ4n) is 4.79. The van der Waals surface area contributed by atoms with Crippen LogP contribution < -0.4 is 4.90 Å². The van der Waals surface area contributed by atoms with Crippen LogP contribution in [0.15, 0.2) is 102 Å². The lowest BCUT2D eigenvalue weighted by Crippen LogP contribution is -2.42. The molecule has 3 aromatic rings. The number of aliphatic hydroxyl groups excluding tert-OH is 1. The molecule has 1 heterocycles. The van der Waals surface area contributed by atoms with E-state index < -0.39 is 5.92 Å². The maximum Gasteiger partial charge on any atom is 0.161 e. The van der Waals surface area contributed by atoms with E-state index in [2.05, 4.69) is 0 Å². The van der Waals surface area contributed by atoms with Crippen molar-refractivity contribution in [2.24, 2.45) is 0 Å². The maximum absolute atomic E-state index is 13.4. The second-order valence-electron chi connectivity index (χ2n) is 8.27. The van der Waals surface area contributed by atoms with Crippen LogP contribution in [0.5, 0.6) is 0 Å². The first-order valence-electron chi connectivity index (χ1n) is 11.0. The van der Waals surface area contributed by atoms with E-state index in [1.807, 2.05) is 77.7 Å². The fourth-order valence-corrected chi connectivity index (χ4v) is 4.92. The van der Waals surface area contributed by atoms with E-state index in [4.69, 9.17) is 11.6 Å². The van der Waals surface area contributed by atoms with Crippen LogP contribution in [0.3, 0.4) is 0 Å². The highest BCUT2D eigenvalue weighted by Crippen LogP contribution is 2.47. The van der Waals surface area contributed by atoms with Gasteiger partial charge in [0.05, 0.1) is 0 Å². The summed E-state index contributed by atoms with van der Waals surface area (Å²) in [5.74, 6) is -0.303. The second-order valence-corrected chi connectivity index (χ2v) is 8.71. The smallest absolute Gasteiger partial charge is 0.161 e. The molecule has 5 heteroatoms. The van der Waals surface area contributed by atoms with Gasteiger partial charge in [0.2, 0.25) is 0 Å². The lowest BCUT2D eigenvalue weighted by atomic mass is 9.73. The molecule has 0 aromatic heterocycles. The standard InChI is InChI=1S/C28H23ClN2O2/c29-20-16-14-18(15-17-20)24-25-22(12-7-13-23(25)32)31(21-10-5-2-6-11-21)28(30)26(24)27(33)19-8-3-1-4-9-19/h1-6,8-11,14-17,24,30,33H,7,12-13H2/b27-26+,30-28?. The summed E-state index contributed by atoms with van der Waals surface area (Å²) in [6, 6.07) is 26.1. The molecule has 4 nitrogen and oxygen atoms in total. The molecule has 0 saturated heterocycles. The predicted molar refractivity (Wildman–Crippen MR) is 133 cm³/mol. The molecule has 164 valence electrons.